The minimum Gasteiger partial charge on any atom is -0.293 e. The van der Waals surface area contributed by atoms with Gasteiger partial charge in [-0.25, -0.2) is 0 Å². The van der Waals surface area contributed by atoms with Crippen LogP contribution in [0, 0.1) is 0 Å². The number of hydrogen-bond acceptors (Lipinski definition) is 2. The average Bonchev–Trinajstić information content (AvgIpc) is 2.47. The molecular weight excluding hydrogens is 258 g/mol. The van der Waals surface area contributed by atoms with Crippen molar-refractivity contribution in [3.05, 3.63) is 35.4 Å². The van der Waals surface area contributed by atoms with Gasteiger partial charge in [-0.2, -0.15) is 0 Å². The third-order valence-electron chi connectivity index (χ3n) is 3.94. The highest BCUT2D eigenvalue weighted by Crippen LogP contribution is 2.10. The number of benzene rings is 1. The van der Waals surface area contributed by atoms with Gasteiger partial charge < -0.3 is 0 Å². The molecule has 1 rings (SSSR count). The quantitative estimate of drug-likeness (QED) is 0.459. The fourth-order valence-corrected chi connectivity index (χ4v) is 2.51. The zero-order chi connectivity index (χ0) is 15.7. The molecule has 0 aromatic heterocycles. The first-order valence-corrected chi connectivity index (χ1v) is 8.44. The zero-order valence-corrected chi connectivity index (χ0v) is 14.2. The van der Waals surface area contributed by atoms with Gasteiger partial charge >= 0.3 is 0 Å². The molecule has 21 heavy (non-hydrogen) atoms. The molecule has 0 atom stereocenters. The largest absolute Gasteiger partial charge is 0.293 e. The number of unbranched alkanes of at least 4 members (excludes halogenated alkanes) is 2. The molecule has 0 spiro atoms. The molecule has 0 bridgehead atoms. The molecule has 0 heterocycles. The van der Waals surface area contributed by atoms with Crippen LogP contribution in [-0.2, 0) is 6.42 Å². The third kappa shape index (κ3) is 6.43. The Bertz CT molecular complexity index is 408. The Morgan fingerprint density at radius 3 is 2.24 bits per heavy atom. The summed E-state index contributed by atoms with van der Waals surface area (Å²) in [5.41, 5.74) is 2.16. The van der Waals surface area contributed by atoms with Gasteiger partial charge in [0, 0.05) is 11.6 Å². The van der Waals surface area contributed by atoms with Gasteiger partial charge in [0.1, 0.15) is 0 Å². The summed E-state index contributed by atoms with van der Waals surface area (Å²) in [6.45, 7) is 10.3. The second kappa shape index (κ2) is 9.73. The van der Waals surface area contributed by atoms with E-state index in [1.54, 1.807) is 0 Å². The van der Waals surface area contributed by atoms with Crippen LogP contribution in [0.2, 0.25) is 0 Å². The van der Waals surface area contributed by atoms with Crippen molar-refractivity contribution in [2.45, 2.75) is 65.8 Å². The summed E-state index contributed by atoms with van der Waals surface area (Å²) in [6, 6.07) is 8.57. The highest BCUT2D eigenvalue weighted by atomic mass is 16.1. The molecule has 0 aliphatic heterocycles. The van der Waals surface area contributed by atoms with Crippen LogP contribution in [-0.4, -0.2) is 29.8 Å². The maximum absolute atomic E-state index is 12.4. The fraction of sp³-hybridized carbons (Fsp3) is 0.632. The fourth-order valence-electron chi connectivity index (χ4n) is 2.51. The first kappa shape index (κ1) is 17.9. The maximum atomic E-state index is 12.4. The molecule has 0 fully saturated rings. The van der Waals surface area contributed by atoms with Crippen LogP contribution in [0.5, 0.6) is 0 Å². The number of carbonyl (C=O) groups excluding carboxylic acids is 1. The van der Waals surface area contributed by atoms with Gasteiger partial charge in [-0.05, 0) is 38.8 Å². The van der Waals surface area contributed by atoms with Gasteiger partial charge in [-0.1, -0.05) is 57.4 Å². The van der Waals surface area contributed by atoms with Crippen LogP contribution in [0.25, 0.3) is 0 Å². The van der Waals surface area contributed by atoms with Crippen LogP contribution < -0.4 is 0 Å². The van der Waals surface area contributed by atoms with Gasteiger partial charge in [0.25, 0.3) is 0 Å². The summed E-state index contributed by atoms with van der Waals surface area (Å²) >= 11 is 0. The van der Waals surface area contributed by atoms with Gasteiger partial charge in [-0.3, -0.25) is 9.69 Å². The monoisotopic (exact) mass is 289 g/mol. The second-order valence-electron chi connectivity index (χ2n) is 6.14. The van der Waals surface area contributed by atoms with E-state index in [0.717, 1.165) is 24.9 Å². The predicted octanol–water partition coefficient (Wildman–Crippen LogP) is 4.72. The number of Topliss-reactive ketones (excluding diaryl/α,β-unsaturated/α-hetero) is 1. The summed E-state index contributed by atoms with van der Waals surface area (Å²) in [4.78, 5) is 14.7. The van der Waals surface area contributed by atoms with E-state index in [9.17, 15) is 4.79 Å². The molecule has 1 aromatic carbocycles. The SMILES string of the molecule is CCCCCN(CC(=O)c1ccc(CCC)cc1)C(C)C. The minimum absolute atomic E-state index is 0.239. The number of hydrogen-bond donors (Lipinski definition) is 0. The Balaban J connectivity index is 2.59. The van der Waals surface area contributed by atoms with E-state index in [-0.39, 0.29) is 5.78 Å². The number of nitrogens with zero attached hydrogens (tertiary/aromatic N) is 1. The van der Waals surface area contributed by atoms with Crippen molar-refractivity contribution in [2.75, 3.05) is 13.1 Å². The molecule has 0 N–H and O–H groups in total. The summed E-state index contributed by atoms with van der Waals surface area (Å²) < 4.78 is 0. The molecule has 118 valence electrons. The molecule has 2 heteroatoms. The number of ketones is 1. The van der Waals surface area contributed by atoms with Crippen LogP contribution >= 0.6 is 0 Å². The summed E-state index contributed by atoms with van der Waals surface area (Å²) in [6.07, 6.45) is 5.87. The van der Waals surface area contributed by atoms with Gasteiger partial charge in [0.05, 0.1) is 6.54 Å². The summed E-state index contributed by atoms with van der Waals surface area (Å²) in [5.74, 6) is 0.239. The van der Waals surface area contributed by atoms with Gasteiger partial charge in [0.2, 0.25) is 0 Å². The van der Waals surface area contributed by atoms with E-state index in [4.69, 9.17) is 0 Å². The van der Waals surface area contributed by atoms with Crippen LogP contribution in [0.4, 0.5) is 0 Å². The van der Waals surface area contributed by atoms with Crippen LogP contribution in [0.1, 0.15) is 69.3 Å². The second-order valence-corrected chi connectivity index (χ2v) is 6.14. The molecule has 2 nitrogen and oxygen atoms in total. The lowest BCUT2D eigenvalue weighted by Crippen LogP contribution is -2.36. The number of carbonyl (C=O) groups is 1. The lowest BCUT2D eigenvalue weighted by atomic mass is 10.0. The lowest BCUT2D eigenvalue weighted by molar-refractivity contribution is 0.0904. The Hall–Kier alpha value is -1.15. The first-order valence-electron chi connectivity index (χ1n) is 8.44. The van der Waals surface area contributed by atoms with E-state index in [1.807, 2.05) is 12.1 Å². The van der Waals surface area contributed by atoms with Crippen LogP contribution in [0.3, 0.4) is 0 Å². The summed E-state index contributed by atoms with van der Waals surface area (Å²) in [7, 11) is 0. The molecule has 0 saturated heterocycles. The Morgan fingerprint density at radius 1 is 1.05 bits per heavy atom. The topological polar surface area (TPSA) is 20.3 Å². The van der Waals surface area contributed by atoms with Crippen molar-refractivity contribution in [1.82, 2.24) is 4.90 Å². The van der Waals surface area contributed by atoms with Crippen molar-refractivity contribution in [3.8, 4) is 0 Å². The highest BCUT2D eigenvalue weighted by Gasteiger charge is 2.15. The third-order valence-corrected chi connectivity index (χ3v) is 3.94. The molecule has 0 aliphatic rings. The van der Waals surface area contributed by atoms with Crippen molar-refractivity contribution < 1.29 is 4.79 Å². The van der Waals surface area contributed by atoms with Crippen LogP contribution in [0.15, 0.2) is 24.3 Å². The van der Waals surface area contributed by atoms with E-state index in [2.05, 4.69) is 44.7 Å². The molecule has 0 aliphatic carbocycles. The maximum Gasteiger partial charge on any atom is 0.176 e. The Labute approximate surface area is 130 Å². The van der Waals surface area contributed by atoms with Crippen molar-refractivity contribution in [3.63, 3.8) is 0 Å². The molecule has 1 aromatic rings. The van der Waals surface area contributed by atoms with Crippen molar-refractivity contribution >= 4 is 5.78 Å². The van der Waals surface area contributed by atoms with E-state index >= 15 is 0 Å². The lowest BCUT2D eigenvalue weighted by Gasteiger charge is -2.25. The standard InChI is InChI=1S/C19H31NO/c1-5-7-8-14-20(16(3)4)15-19(21)18-12-10-17(9-6-2)11-13-18/h10-13,16H,5-9,14-15H2,1-4H3. The van der Waals surface area contributed by atoms with E-state index < -0.39 is 0 Å². The first-order chi connectivity index (χ1) is 10.1. The summed E-state index contributed by atoms with van der Waals surface area (Å²) in [5, 5.41) is 0. The molecule has 0 amide bonds. The molecule has 0 unspecified atom stereocenters. The smallest absolute Gasteiger partial charge is 0.176 e. The van der Waals surface area contributed by atoms with Gasteiger partial charge in [-0.15, -0.1) is 0 Å². The molecular formula is C19H31NO. The zero-order valence-electron chi connectivity index (χ0n) is 14.2. The average molecular weight is 289 g/mol. The van der Waals surface area contributed by atoms with E-state index in [0.29, 0.717) is 12.6 Å². The number of aryl methyl sites for hydroxylation is 1. The van der Waals surface area contributed by atoms with Crippen molar-refractivity contribution in [1.29, 1.82) is 0 Å². The minimum atomic E-state index is 0.239. The van der Waals surface area contributed by atoms with Crippen molar-refractivity contribution in [2.24, 2.45) is 0 Å². The highest BCUT2D eigenvalue weighted by molar-refractivity contribution is 5.97. The Kier molecular flexibility index (Phi) is 8.29. The Morgan fingerprint density at radius 2 is 1.71 bits per heavy atom. The normalized spacial score (nSPS) is 11.3. The number of rotatable bonds is 10. The predicted molar refractivity (Wildman–Crippen MR) is 91.0 cm³/mol. The molecule has 0 radical (unpaired) electrons. The van der Waals surface area contributed by atoms with E-state index in [1.165, 1.54) is 24.8 Å². The molecule has 0 saturated carbocycles. The van der Waals surface area contributed by atoms with Gasteiger partial charge in [0.15, 0.2) is 5.78 Å².